The number of thiazole rings is 1. The predicted molar refractivity (Wildman–Crippen MR) is 153 cm³/mol. The number of aryl methyl sites for hydroxylation is 2. The molecule has 0 saturated carbocycles. The van der Waals surface area contributed by atoms with Crippen molar-refractivity contribution in [2.45, 2.75) is 27.0 Å². The molecule has 182 valence electrons. The number of fused-ring (bicyclic) bond motifs is 1. The fraction of sp³-hybridized carbons (Fsp3) is 0.167. The van der Waals surface area contributed by atoms with Crippen LogP contribution in [0.4, 0.5) is 5.69 Å². The summed E-state index contributed by atoms with van der Waals surface area (Å²) in [5.74, 6) is 1.41. The van der Waals surface area contributed by atoms with Gasteiger partial charge in [-0.05, 0) is 95.0 Å². The van der Waals surface area contributed by atoms with Crippen LogP contribution in [0.15, 0.2) is 83.3 Å². The van der Waals surface area contributed by atoms with E-state index in [-0.39, 0.29) is 0 Å². The molecule has 0 saturated heterocycles. The first-order chi connectivity index (χ1) is 17.5. The van der Waals surface area contributed by atoms with E-state index in [2.05, 4.69) is 102 Å². The number of ether oxygens (including phenoxy) is 2. The number of nitrogens with zero attached hydrogens (tertiary/aromatic N) is 1. The molecule has 0 aliphatic heterocycles. The molecule has 6 heteroatoms. The van der Waals surface area contributed by atoms with E-state index in [1.165, 1.54) is 15.8 Å². The average Bonchev–Trinajstić information content (AvgIpc) is 3.30. The van der Waals surface area contributed by atoms with Crippen LogP contribution in [0.2, 0.25) is 0 Å². The van der Waals surface area contributed by atoms with Gasteiger partial charge in [-0.3, -0.25) is 0 Å². The molecule has 36 heavy (non-hydrogen) atoms. The highest BCUT2D eigenvalue weighted by atomic mass is 79.9. The Morgan fingerprint density at radius 3 is 2.47 bits per heavy atom. The van der Waals surface area contributed by atoms with Gasteiger partial charge in [-0.1, -0.05) is 35.9 Å². The topological polar surface area (TPSA) is 43.4 Å². The molecule has 1 aromatic heterocycles. The van der Waals surface area contributed by atoms with Crippen molar-refractivity contribution in [3.63, 3.8) is 0 Å². The molecule has 1 heterocycles. The van der Waals surface area contributed by atoms with Crippen LogP contribution in [0.5, 0.6) is 11.5 Å². The molecule has 0 spiro atoms. The summed E-state index contributed by atoms with van der Waals surface area (Å²) >= 11 is 5.40. The maximum atomic E-state index is 6.10. The zero-order valence-electron chi connectivity index (χ0n) is 20.5. The SMILES string of the molecule is COc1cc(CNc2ccc(-c3nc4ccc(C)cc4s3)cc2)cc(Br)c1OCc1cccc(C)c1. The van der Waals surface area contributed by atoms with Crippen LogP contribution in [-0.4, -0.2) is 12.1 Å². The summed E-state index contributed by atoms with van der Waals surface area (Å²) in [4.78, 5) is 4.79. The quantitative estimate of drug-likeness (QED) is 0.207. The smallest absolute Gasteiger partial charge is 0.175 e. The zero-order chi connectivity index (χ0) is 25.1. The molecule has 0 radical (unpaired) electrons. The second-order valence-electron chi connectivity index (χ2n) is 8.81. The number of hydrogen-bond donors (Lipinski definition) is 1. The van der Waals surface area contributed by atoms with Gasteiger partial charge in [-0.2, -0.15) is 0 Å². The van der Waals surface area contributed by atoms with Gasteiger partial charge >= 0.3 is 0 Å². The van der Waals surface area contributed by atoms with Gasteiger partial charge in [0.2, 0.25) is 0 Å². The number of rotatable bonds is 8. The third kappa shape index (κ3) is 5.55. The Balaban J connectivity index is 1.25. The highest BCUT2D eigenvalue weighted by Crippen LogP contribution is 2.37. The molecule has 5 aromatic rings. The van der Waals surface area contributed by atoms with Crippen LogP contribution in [-0.2, 0) is 13.2 Å². The average molecular weight is 560 g/mol. The third-order valence-electron chi connectivity index (χ3n) is 5.93. The summed E-state index contributed by atoms with van der Waals surface area (Å²) in [5, 5.41) is 4.54. The maximum Gasteiger partial charge on any atom is 0.175 e. The molecular weight excluding hydrogens is 532 g/mol. The molecule has 1 N–H and O–H groups in total. The van der Waals surface area contributed by atoms with Gasteiger partial charge < -0.3 is 14.8 Å². The highest BCUT2D eigenvalue weighted by Gasteiger charge is 2.13. The minimum atomic E-state index is 0.481. The lowest BCUT2D eigenvalue weighted by molar-refractivity contribution is 0.282. The van der Waals surface area contributed by atoms with Crippen LogP contribution < -0.4 is 14.8 Å². The Bertz CT molecular complexity index is 1510. The Labute approximate surface area is 224 Å². The lowest BCUT2D eigenvalue weighted by Gasteiger charge is -2.15. The van der Waals surface area contributed by atoms with Crippen molar-refractivity contribution >= 4 is 43.2 Å². The van der Waals surface area contributed by atoms with Crippen LogP contribution in [0.3, 0.4) is 0 Å². The van der Waals surface area contributed by atoms with E-state index in [1.54, 1.807) is 18.4 Å². The van der Waals surface area contributed by atoms with Gasteiger partial charge in [0.15, 0.2) is 11.5 Å². The molecule has 0 aliphatic carbocycles. The summed E-state index contributed by atoms with van der Waals surface area (Å²) in [6, 6.07) is 27.2. The standard InChI is InChI=1S/C30H27BrN2O2S/c1-19-5-4-6-21(13-19)18-35-29-25(31)15-22(16-27(29)34-3)17-32-24-10-8-23(9-11-24)30-33-26-12-7-20(2)14-28(26)36-30/h4-16,32H,17-18H2,1-3H3. The molecule has 0 amide bonds. The van der Waals surface area contributed by atoms with E-state index in [0.717, 1.165) is 37.4 Å². The van der Waals surface area contributed by atoms with E-state index in [4.69, 9.17) is 14.5 Å². The summed E-state index contributed by atoms with van der Waals surface area (Å²) in [7, 11) is 1.67. The number of methoxy groups -OCH3 is 1. The summed E-state index contributed by atoms with van der Waals surface area (Å²) < 4.78 is 13.8. The van der Waals surface area contributed by atoms with Crippen LogP contribution in [0, 0.1) is 13.8 Å². The second-order valence-corrected chi connectivity index (χ2v) is 10.7. The number of halogens is 1. The predicted octanol–water partition coefficient (Wildman–Crippen LogP) is 8.54. The van der Waals surface area contributed by atoms with Crippen molar-refractivity contribution in [3.8, 4) is 22.1 Å². The van der Waals surface area contributed by atoms with Gasteiger partial charge in [0.05, 0.1) is 21.8 Å². The van der Waals surface area contributed by atoms with Gasteiger partial charge in [0.25, 0.3) is 0 Å². The van der Waals surface area contributed by atoms with E-state index in [9.17, 15) is 0 Å². The van der Waals surface area contributed by atoms with Crippen LogP contribution in [0.1, 0.15) is 22.3 Å². The third-order valence-corrected chi connectivity index (χ3v) is 7.58. The molecule has 0 unspecified atom stereocenters. The number of hydrogen-bond acceptors (Lipinski definition) is 5. The monoisotopic (exact) mass is 558 g/mol. The van der Waals surface area contributed by atoms with Gasteiger partial charge in [0.1, 0.15) is 11.6 Å². The first-order valence-electron chi connectivity index (χ1n) is 11.7. The first kappa shape index (κ1) is 24.3. The molecule has 0 fully saturated rings. The summed E-state index contributed by atoms with van der Waals surface area (Å²) in [5.41, 5.74) is 7.91. The normalized spacial score (nSPS) is 11.0. The van der Waals surface area contributed by atoms with Crippen molar-refractivity contribution in [2.75, 3.05) is 12.4 Å². The number of aromatic nitrogens is 1. The minimum Gasteiger partial charge on any atom is -0.493 e. The fourth-order valence-corrected chi connectivity index (χ4v) is 5.74. The van der Waals surface area contributed by atoms with E-state index in [1.807, 2.05) is 12.1 Å². The molecular formula is C30H27BrN2O2S. The largest absolute Gasteiger partial charge is 0.493 e. The van der Waals surface area contributed by atoms with Crippen molar-refractivity contribution in [1.29, 1.82) is 0 Å². The lowest BCUT2D eigenvalue weighted by atomic mass is 10.1. The Morgan fingerprint density at radius 2 is 1.69 bits per heavy atom. The Morgan fingerprint density at radius 1 is 0.889 bits per heavy atom. The fourth-order valence-electron chi connectivity index (χ4n) is 4.06. The highest BCUT2D eigenvalue weighted by molar-refractivity contribution is 9.10. The van der Waals surface area contributed by atoms with Crippen LogP contribution in [0.25, 0.3) is 20.8 Å². The lowest BCUT2D eigenvalue weighted by Crippen LogP contribution is -2.03. The molecule has 4 nitrogen and oxygen atoms in total. The number of nitrogens with one attached hydrogen (secondary N) is 1. The minimum absolute atomic E-state index is 0.481. The molecule has 5 rings (SSSR count). The van der Waals surface area contributed by atoms with Crippen molar-refractivity contribution in [1.82, 2.24) is 4.98 Å². The molecule has 4 aromatic carbocycles. The van der Waals surface area contributed by atoms with Crippen molar-refractivity contribution in [2.24, 2.45) is 0 Å². The van der Waals surface area contributed by atoms with Gasteiger partial charge in [-0.25, -0.2) is 4.98 Å². The van der Waals surface area contributed by atoms with Crippen molar-refractivity contribution < 1.29 is 9.47 Å². The maximum absolute atomic E-state index is 6.10. The Hall–Kier alpha value is -3.35. The molecule has 0 atom stereocenters. The van der Waals surface area contributed by atoms with Gasteiger partial charge in [0, 0.05) is 17.8 Å². The second kappa shape index (κ2) is 10.7. The summed E-state index contributed by atoms with van der Waals surface area (Å²) in [6.45, 7) is 5.33. The Kier molecular flexibility index (Phi) is 7.25. The van der Waals surface area contributed by atoms with E-state index < -0.39 is 0 Å². The van der Waals surface area contributed by atoms with Crippen LogP contribution >= 0.6 is 27.3 Å². The number of benzene rings is 4. The first-order valence-corrected chi connectivity index (χ1v) is 13.4. The number of anilines is 1. The van der Waals surface area contributed by atoms with Gasteiger partial charge in [-0.15, -0.1) is 11.3 Å². The van der Waals surface area contributed by atoms with E-state index >= 15 is 0 Å². The van der Waals surface area contributed by atoms with E-state index in [0.29, 0.717) is 24.7 Å². The van der Waals surface area contributed by atoms with Crippen molar-refractivity contribution in [3.05, 3.63) is 106 Å². The molecule has 0 aliphatic rings. The zero-order valence-corrected chi connectivity index (χ0v) is 22.9. The summed E-state index contributed by atoms with van der Waals surface area (Å²) in [6.07, 6.45) is 0. The molecule has 0 bridgehead atoms.